The number of amides is 1. The predicted octanol–water partition coefficient (Wildman–Crippen LogP) is 4.65. The maximum Gasteiger partial charge on any atom is 0.263 e. The van der Waals surface area contributed by atoms with Crippen molar-refractivity contribution < 1.29 is 19.0 Å². The molecule has 1 aliphatic heterocycles. The Morgan fingerprint density at radius 2 is 1.72 bits per heavy atom. The van der Waals surface area contributed by atoms with Gasteiger partial charge >= 0.3 is 0 Å². The second-order valence-corrected chi connectivity index (χ2v) is 8.23. The van der Waals surface area contributed by atoms with Gasteiger partial charge in [0.05, 0.1) is 11.5 Å². The van der Waals surface area contributed by atoms with Gasteiger partial charge in [0.1, 0.15) is 23.3 Å². The molecule has 0 aliphatic carbocycles. The number of thioether (sulfide) groups is 1. The van der Waals surface area contributed by atoms with Crippen LogP contribution < -0.4 is 19.5 Å². The largest absolute Gasteiger partial charge is 0.490 e. The van der Waals surface area contributed by atoms with Crippen molar-refractivity contribution >= 4 is 40.3 Å². The van der Waals surface area contributed by atoms with Gasteiger partial charge in [-0.2, -0.15) is 0 Å². The van der Waals surface area contributed by atoms with Crippen LogP contribution in [0, 0.1) is 13.8 Å². The zero-order valence-electron chi connectivity index (χ0n) is 16.6. The van der Waals surface area contributed by atoms with Crippen LogP contribution in [0.3, 0.4) is 0 Å². The lowest BCUT2D eigenvalue weighted by Crippen LogP contribution is -2.17. The minimum Gasteiger partial charge on any atom is -0.490 e. The number of benzene rings is 2. The molecule has 0 spiro atoms. The van der Waals surface area contributed by atoms with E-state index < -0.39 is 0 Å². The zero-order chi connectivity index (χ0) is 20.8. The molecule has 7 heteroatoms. The minimum atomic E-state index is -0.179. The number of thiocarbonyl (C=S) groups is 1. The fourth-order valence-corrected chi connectivity index (χ4v) is 3.95. The van der Waals surface area contributed by atoms with Crippen LogP contribution in [0.1, 0.15) is 23.6 Å². The van der Waals surface area contributed by atoms with E-state index in [-0.39, 0.29) is 5.91 Å². The molecule has 1 aliphatic rings. The lowest BCUT2D eigenvalue weighted by Gasteiger charge is -2.13. The summed E-state index contributed by atoms with van der Waals surface area (Å²) in [5.41, 5.74) is 3.17. The molecule has 1 heterocycles. The van der Waals surface area contributed by atoms with E-state index >= 15 is 0 Å². The number of rotatable bonds is 8. The average Bonchev–Trinajstić information content (AvgIpc) is 2.96. The van der Waals surface area contributed by atoms with E-state index in [1.165, 1.54) is 22.9 Å². The van der Waals surface area contributed by atoms with E-state index in [9.17, 15) is 4.79 Å². The zero-order valence-corrected chi connectivity index (χ0v) is 18.2. The summed E-state index contributed by atoms with van der Waals surface area (Å²) >= 11 is 6.27. The van der Waals surface area contributed by atoms with E-state index in [2.05, 4.69) is 11.4 Å². The van der Waals surface area contributed by atoms with Crippen LogP contribution in [-0.2, 0) is 4.79 Å². The summed E-state index contributed by atoms with van der Waals surface area (Å²) in [5.74, 6) is 1.92. The topological polar surface area (TPSA) is 56.8 Å². The molecule has 152 valence electrons. The van der Waals surface area contributed by atoms with Gasteiger partial charge in [0, 0.05) is 0 Å². The number of nitrogens with one attached hydrogen (secondary N) is 1. The first-order chi connectivity index (χ1) is 13.9. The first-order valence-corrected chi connectivity index (χ1v) is 10.5. The van der Waals surface area contributed by atoms with Crippen molar-refractivity contribution in [3.05, 3.63) is 58.0 Å². The molecule has 0 saturated carbocycles. The van der Waals surface area contributed by atoms with Crippen LogP contribution in [0.15, 0.2) is 41.3 Å². The Balaban J connectivity index is 1.63. The summed E-state index contributed by atoms with van der Waals surface area (Å²) in [4.78, 5) is 12.4. The Kier molecular flexibility index (Phi) is 7.17. The van der Waals surface area contributed by atoms with Gasteiger partial charge in [-0.3, -0.25) is 4.79 Å². The highest BCUT2D eigenvalue weighted by Gasteiger charge is 2.22. The van der Waals surface area contributed by atoms with Gasteiger partial charge in [0.25, 0.3) is 5.91 Å². The molecule has 0 radical (unpaired) electrons. The van der Waals surface area contributed by atoms with E-state index in [4.69, 9.17) is 26.4 Å². The third kappa shape index (κ3) is 5.98. The van der Waals surface area contributed by atoms with Crippen molar-refractivity contribution in [3.63, 3.8) is 0 Å². The van der Waals surface area contributed by atoms with Gasteiger partial charge < -0.3 is 19.5 Å². The van der Waals surface area contributed by atoms with E-state index in [0.717, 1.165) is 11.3 Å². The molecule has 1 saturated heterocycles. The van der Waals surface area contributed by atoms with E-state index in [1.54, 1.807) is 6.08 Å². The third-order valence-electron chi connectivity index (χ3n) is 4.01. The normalized spacial score (nSPS) is 14.8. The second-order valence-electron chi connectivity index (χ2n) is 6.51. The summed E-state index contributed by atoms with van der Waals surface area (Å²) < 4.78 is 17.8. The van der Waals surface area contributed by atoms with Crippen LogP contribution in [0.4, 0.5) is 0 Å². The number of carbonyl (C=O) groups excluding carboxylic acids is 1. The van der Waals surface area contributed by atoms with Crippen molar-refractivity contribution in [2.45, 2.75) is 20.8 Å². The van der Waals surface area contributed by atoms with Gasteiger partial charge in [-0.25, -0.2) is 0 Å². The quantitative estimate of drug-likeness (QED) is 0.375. The fourth-order valence-electron chi connectivity index (χ4n) is 2.90. The third-order valence-corrected chi connectivity index (χ3v) is 5.17. The van der Waals surface area contributed by atoms with Crippen molar-refractivity contribution in [2.24, 2.45) is 0 Å². The number of aryl methyl sites for hydroxylation is 2. The molecular formula is C22H23NO4S2. The van der Waals surface area contributed by atoms with Gasteiger partial charge in [0.2, 0.25) is 0 Å². The molecule has 29 heavy (non-hydrogen) atoms. The summed E-state index contributed by atoms with van der Waals surface area (Å²) in [5, 5.41) is 2.61. The lowest BCUT2D eigenvalue weighted by molar-refractivity contribution is -0.115. The van der Waals surface area contributed by atoms with Crippen LogP contribution in [-0.4, -0.2) is 30.0 Å². The van der Waals surface area contributed by atoms with Crippen LogP contribution in [0.5, 0.6) is 17.2 Å². The van der Waals surface area contributed by atoms with Crippen molar-refractivity contribution in [3.8, 4) is 17.2 Å². The SMILES string of the molecule is CCOc1cc(C=C2SC(=S)NC2=O)ccc1OCCOc1cc(C)cc(C)c1. The summed E-state index contributed by atoms with van der Waals surface area (Å²) in [6.45, 7) is 7.33. The fraction of sp³-hybridized carbons (Fsp3) is 0.273. The highest BCUT2D eigenvalue weighted by molar-refractivity contribution is 8.26. The molecule has 2 aromatic carbocycles. The van der Waals surface area contributed by atoms with Crippen molar-refractivity contribution in [2.75, 3.05) is 19.8 Å². The Morgan fingerprint density at radius 3 is 2.38 bits per heavy atom. The van der Waals surface area contributed by atoms with Crippen molar-refractivity contribution in [1.82, 2.24) is 5.32 Å². The first-order valence-electron chi connectivity index (χ1n) is 9.30. The van der Waals surface area contributed by atoms with Gasteiger partial charge in [-0.1, -0.05) is 36.1 Å². The minimum absolute atomic E-state index is 0.179. The van der Waals surface area contributed by atoms with E-state index in [1.807, 2.05) is 51.1 Å². The first kappa shape index (κ1) is 21.2. The summed E-state index contributed by atoms with van der Waals surface area (Å²) in [7, 11) is 0. The molecule has 3 rings (SSSR count). The molecule has 2 aromatic rings. The average molecular weight is 430 g/mol. The molecule has 5 nitrogen and oxygen atoms in total. The maximum absolute atomic E-state index is 11.8. The Morgan fingerprint density at radius 1 is 1.00 bits per heavy atom. The van der Waals surface area contributed by atoms with Crippen molar-refractivity contribution in [1.29, 1.82) is 0 Å². The standard InChI is InChI=1S/C22H23NO4S2/c1-4-25-19-12-16(13-20-21(24)23-22(28)29-20)5-6-18(19)27-8-7-26-17-10-14(2)9-15(3)11-17/h5-6,9-13H,4,7-8H2,1-3H3,(H,23,24,28). The Labute approximate surface area is 180 Å². The molecule has 1 N–H and O–H groups in total. The molecule has 1 amide bonds. The molecule has 0 aromatic heterocycles. The maximum atomic E-state index is 11.8. The Bertz CT molecular complexity index is 936. The summed E-state index contributed by atoms with van der Waals surface area (Å²) in [6.07, 6.45) is 1.79. The number of hydrogen-bond donors (Lipinski definition) is 1. The predicted molar refractivity (Wildman–Crippen MR) is 121 cm³/mol. The molecule has 1 fully saturated rings. The highest BCUT2D eigenvalue weighted by atomic mass is 32.2. The van der Waals surface area contributed by atoms with Gasteiger partial charge in [-0.15, -0.1) is 0 Å². The summed E-state index contributed by atoms with van der Waals surface area (Å²) in [6, 6.07) is 11.7. The van der Waals surface area contributed by atoms with Gasteiger partial charge in [0.15, 0.2) is 11.5 Å². The molecule has 0 atom stereocenters. The van der Waals surface area contributed by atoms with Crippen LogP contribution >= 0.6 is 24.0 Å². The highest BCUT2D eigenvalue weighted by Crippen LogP contribution is 2.32. The smallest absolute Gasteiger partial charge is 0.263 e. The van der Waals surface area contributed by atoms with Gasteiger partial charge in [-0.05, 0) is 67.8 Å². The van der Waals surface area contributed by atoms with Crippen LogP contribution in [0.2, 0.25) is 0 Å². The number of carbonyl (C=O) groups is 1. The monoisotopic (exact) mass is 429 g/mol. The van der Waals surface area contributed by atoms with E-state index in [0.29, 0.717) is 40.5 Å². The molecular weight excluding hydrogens is 406 g/mol. The second kappa shape index (κ2) is 9.80. The number of hydrogen-bond acceptors (Lipinski definition) is 6. The Hall–Kier alpha value is -2.51. The lowest BCUT2D eigenvalue weighted by atomic mass is 10.1. The number of ether oxygens (including phenoxy) is 3. The molecule has 0 unspecified atom stereocenters. The molecule has 0 bridgehead atoms. The van der Waals surface area contributed by atoms with Crippen LogP contribution in [0.25, 0.3) is 6.08 Å².